The van der Waals surface area contributed by atoms with Crippen LogP contribution in [0.25, 0.3) is 0 Å². The average Bonchev–Trinajstić information content (AvgIpc) is 2.55. The highest BCUT2D eigenvalue weighted by Gasteiger charge is 1.98. The first-order valence-electron chi connectivity index (χ1n) is 7.94. The fourth-order valence-electron chi connectivity index (χ4n) is 2.01. The second-order valence-corrected chi connectivity index (χ2v) is 5.97. The Morgan fingerprint density at radius 1 is 1.18 bits per heavy atom. The fourth-order valence-corrected chi connectivity index (χ4v) is 2.50. The number of hydrogen-bond donors (Lipinski definition) is 2. The Morgan fingerprint density at radius 3 is 2.59 bits per heavy atom. The van der Waals surface area contributed by atoms with E-state index in [1.54, 1.807) is 7.11 Å². The fraction of sp³-hybridized carbons (Fsp3) is 0.588. The summed E-state index contributed by atoms with van der Waals surface area (Å²) in [6, 6.07) is 8.21. The van der Waals surface area contributed by atoms with E-state index in [9.17, 15) is 0 Å². The standard InChI is InChI=1S/C17H29N3OS/c1-4-18-17(19-12-5-6-14-22-3)20-13-11-15-7-9-16(21-2)10-8-15/h7-10H,4-6,11-14H2,1-3H3,(H2,18,19,20). The van der Waals surface area contributed by atoms with Gasteiger partial charge in [0.15, 0.2) is 5.96 Å². The van der Waals surface area contributed by atoms with E-state index >= 15 is 0 Å². The van der Waals surface area contributed by atoms with E-state index in [4.69, 9.17) is 4.74 Å². The highest BCUT2D eigenvalue weighted by atomic mass is 32.2. The number of unbranched alkanes of at least 4 members (excludes halogenated alkanes) is 1. The molecule has 0 saturated heterocycles. The molecule has 0 aromatic heterocycles. The van der Waals surface area contributed by atoms with E-state index < -0.39 is 0 Å². The number of nitrogens with one attached hydrogen (secondary N) is 2. The van der Waals surface area contributed by atoms with Crippen molar-refractivity contribution in [3.05, 3.63) is 29.8 Å². The van der Waals surface area contributed by atoms with Crippen LogP contribution in [0, 0.1) is 0 Å². The molecule has 0 spiro atoms. The molecule has 1 aromatic rings. The van der Waals surface area contributed by atoms with Crippen LogP contribution in [0.2, 0.25) is 0 Å². The average molecular weight is 324 g/mol. The van der Waals surface area contributed by atoms with Gasteiger partial charge < -0.3 is 15.4 Å². The Balaban J connectivity index is 2.31. The first kappa shape index (κ1) is 18.7. The van der Waals surface area contributed by atoms with Gasteiger partial charge >= 0.3 is 0 Å². The second-order valence-electron chi connectivity index (χ2n) is 4.99. The predicted molar refractivity (Wildman–Crippen MR) is 98.3 cm³/mol. The first-order valence-corrected chi connectivity index (χ1v) is 9.33. The third-order valence-electron chi connectivity index (χ3n) is 3.24. The van der Waals surface area contributed by atoms with E-state index in [0.717, 1.165) is 44.2 Å². The van der Waals surface area contributed by atoms with E-state index in [0.29, 0.717) is 0 Å². The van der Waals surface area contributed by atoms with Crippen molar-refractivity contribution < 1.29 is 4.74 Å². The molecular formula is C17H29N3OS. The molecule has 0 fully saturated rings. The number of rotatable bonds is 10. The van der Waals surface area contributed by atoms with Crippen molar-refractivity contribution in [1.82, 2.24) is 10.6 Å². The zero-order valence-corrected chi connectivity index (χ0v) is 14.8. The minimum absolute atomic E-state index is 0.878. The quantitative estimate of drug-likeness (QED) is 0.395. The molecule has 124 valence electrons. The number of hydrogen-bond acceptors (Lipinski definition) is 3. The van der Waals surface area contributed by atoms with Crippen LogP contribution in [-0.4, -0.2) is 44.7 Å². The van der Waals surface area contributed by atoms with Crippen LogP contribution < -0.4 is 15.4 Å². The molecule has 0 saturated carbocycles. The maximum Gasteiger partial charge on any atom is 0.191 e. The van der Waals surface area contributed by atoms with Crippen LogP contribution in [-0.2, 0) is 6.42 Å². The van der Waals surface area contributed by atoms with Gasteiger partial charge in [0.05, 0.1) is 7.11 Å². The Labute approximate surface area is 139 Å². The Kier molecular flexibility index (Phi) is 10.4. The number of benzene rings is 1. The molecule has 0 aliphatic carbocycles. The van der Waals surface area contributed by atoms with Crippen LogP contribution in [0.1, 0.15) is 25.3 Å². The molecule has 0 bridgehead atoms. The molecule has 22 heavy (non-hydrogen) atoms. The molecule has 0 atom stereocenters. The molecule has 0 aliphatic heterocycles. The summed E-state index contributed by atoms with van der Waals surface area (Å²) in [7, 11) is 1.69. The van der Waals surface area contributed by atoms with E-state index in [1.165, 1.54) is 17.7 Å². The number of nitrogens with zero attached hydrogens (tertiary/aromatic N) is 1. The highest BCUT2D eigenvalue weighted by Crippen LogP contribution is 2.11. The molecule has 1 aromatic carbocycles. The van der Waals surface area contributed by atoms with Gasteiger partial charge in [-0.2, -0.15) is 11.8 Å². The molecule has 5 heteroatoms. The van der Waals surface area contributed by atoms with Gasteiger partial charge in [-0.1, -0.05) is 12.1 Å². The lowest BCUT2D eigenvalue weighted by Gasteiger charge is -2.11. The Hall–Kier alpha value is -1.36. The van der Waals surface area contributed by atoms with Crippen molar-refractivity contribution in [3.63, 3.8) is 0 Å². The zero-order valence-electron chi connectivity index (χ0n) is 14.0. The molecular weight excluding hydrogens is 294 g/mol. The summed E-state index contributed by atoms with van der Waals surface area (Å²) in [6.45, 7) is 4.75. The topological polar surface area (TPSA) is 45.7 Å². The van der Waals surface area contributed by atoms with E-state index in [-0.39, 0.29) is 0 Å². The van der Waals surface area contributed by atoms with Gasteiger partial charge in [-0.15, -0.1) is 0 Å². The number of guanidine groups is 1. The minimum Gasteiger partial charge on any atom is -0.497 e. The van der Waals surface area contributed by atoms with Gasteiger partial charge in [-0.25, -0.2) is 0 Å². The number of ether oxygens (including phenoxy) is 1. The number of aliphatic imine (C=N–C) groups is 1. The van der Waals surface area contributed by atoms with Crippen LogP contribution in [0.4, 0.5) is 0 Å². The summed E-state index contributed by atoms with van der Waals surface area (Å²) in [4.78, 5) is 4.61. The minimum atomic E-state index is 0.878. The van der Waals surface area contributed by atoms with Crippen molar-refractivity contribution in [2.75, 3.05) is 38.8 Å². The molecule has 0 unspecified atom stereocenters. The van der Waals surface area contributed by atoms with Crippen molar-refractivity contribution in [1.29, 1.82) is 0 Å². The summed E-state index contributed by atoms with van der Waals surface area (Å²) in [5.74, 6) is 3.04. The largest absolute Gasteiger partial charge is 0.497 e. The van der Waals surface area contributed by atoms with Crippen LogP contribution in [0.5, 0.6) is 5.75 Å². The van der Waals surface area contributed by atoms with Crippen molar-refractivity contribution in [3.8, 4) is 5.75 Å². The van der Waals surface area contributed by atoms with Crippen LogP contribution >= 0.6 is 11.8 Å². The molecule has 4 nitrogen and oxygen atoms in total. The monoisotopic (exact) mass is 323 g/mol. The summed E-state index contributed by atoms with van der Waals surface area (Å²) in [6.07, 6.45) is 5.50. The lowest BCUT2D eigenvalue weighted by Crippen LogP contribution is -2.38. The van der Waals surface area contributed by atoms with Crippen molar-refractivity contribution in [2.24, 2.45) is 4.99 Å². The van der Waals surface area contributed by atoms with E-state index in [2.05, 4.69) is 40.9 Å². The first-order chi connectivity index (χ1) is 10.8. The lowest BCUT2D eigenvalue weighted by atomic mass is 10.1. The molecule has 0 radical (unpaired) electrons. The molecule has 0 heterocycles. The maximum absolute atomic E-state index is 5.17. The van der Waals surface area contributed by atoms with Crippen LogP contribution in [0.3, 0.4) is 0 Å². The van der Waals surface area contributed by atoms with Crippen molar-refractivity contribution >= 4 is 17.7 Å². The SMILES string of the molecule is CCNC(=NCCCCSC)NCCc1ccc(OC)cc1. The normalized spacial score (nSPS) is 11.3. The van der Waals surface area contributed by atoms with Crippen molar-refractivity contribution in [2.45, 2.75) is 26.2 Å². The number of thioether (sulfide) groups is 1. The third-order valence-corrected chi connectivity index (χ3v) is 3.93. The summed E-state index contributed by atoms with van der Waals surface area (Å²) < 4.78 is 5.17. The third kappa shape index (κ3) is 8.17. The van der Waals surface area contributed by atoms with Gasteiger partial charge in [0, 0.05) is 19.6 Å². The van der Waals surface area contributed by atoms with E-state index in [1.807, 2.05) is 23.9 Å². The maximum atomic E-state index is 5.17. The summed E-state index contributed by atoms with van der Waals surface area (Å²) in [5, 5.41) is 6.68. The summed E-state index contributed by atoms with van der Waals surface area (Å²) in [5.41, 5.74) is 1.30. The highest BCUT2D eigenvalue weighted by molar-refractivity contribution is 7.98. The summed E-state index contributed by atoms with van der Waals surface area (Å²) >= 11 is 1.90. The lowest BCUT2D eigenvalue weighted by molar-refractivity contribution is 0.414. The van der Waals surface area contributed by atoms with Gasteiger partial charge in [0.2, 0.25) is 0 Å². The number of methoxy groups -OCH3 is 1. The zero-order chi connectivity index (χ0) is 16.0. The molecule has 0 aliphatic rings. The Bertz CT molecular complexity index is 420. The predicted octanol–water partition coefficient (Wildman–Crippen LogP) is 2.94. The van der Waals surface area contributed by atoms with Gasteiger partial charge in [-0.3, -0.25) is 4.99 Å². The molecule has 2 N–H and O–H groups in total. The molecule has 0 amide bonds. The van der Waals surface area contributed by atoms with Gasteiger partial charge in [0.25, 0.3) is 0 Å². The van der Waals surface area contributed by atoms with Crippen LogP contribution in [0.15, 0.2) is 29.3 Å². The smallest absolute Gasteiger partial charge is 0.191 e. The van der Waals surface area contributed by atoms with Gasteiger partial charge in [0.1, 0.15) is 5.75 Å². The Morgan fingerprint density at radius 2 is 1.95 bits per heavy atom. The second kappa shape index (κ2) is 12.2. The molecule has 1 rings (SSSR count). The van der Waals surface area contributed by atoms with Gasteiger partial charge in [-0.05, 0) is 55.9 Å².